The molecule has 3 heteroatoms. The molecule has 0 radical (unpaired) electrons. The molecule has 0 spiro atoms. The molecule has 106 valence electrons. The highest BCUT2D eigenvalue weighted by atomic mass is 16.5. The van der Waals surface area contributed by atoms with Crippen molar-refractivity contribution in [1.82, 2.24) is 10.2 Å². The average Bonchev–Trinajstić information content (AvgIpc) is 2.25. The van der Waals surface area contributed by atoms with Gasteiger partial charge in [0, 0.05) is 24.7 Å². The molecule has 2 aliphatic heterocycles. The van der Waals surface area contributed by atoms with E-state index in [1.165, 1.54) is 38.8 Å². The molecule has 0 bridgehead atoms. The molecule has 2 heterocycles. The van der Waals surface area contributed by atoms with Crippen LogP contribution in [0, 0.1) is 0 Å². The third-order valence-electron chi connectivity index (χ3n) is 4.46. The lowest BCUT2D eigenvalue weighted by atomic mass is 9.92. The summed E-state index contributed by atoms with van der Waals surface area (Å²) in [5, 5.41) is 3.67. The van der Waals surface area contributed by atoms with Crippen molar-refractivity contribution >= 4 is 0 Å². The Kier molecular flexibility index (Phi) is 4.68. The van der Waals surface area contributed by atoms with Crippen molar-refractivity contribution in [2.24, 2.45) is 0 Å². The van der Waals surface area contributed by atoms with Crippen molar-refractivity contribution < 1.29 is 4.74 Å². The molecule has 2 aliphatic rings. The van der Waals surface area contributed by atoms with Gasteiger partial charge in [0.15, 0.2) is 0 Å². The molecule has 0 saturated carbocycles. The summed E-state index contributed by atoms with van der Waals surface area (Å²) in [4.78, 5) is 2.72. The standard InChI is InChI=1S/C15H30N2O/c1-12-5-8-17(9-6-13(2)16-12)14-7-10-18-15(3,4)11-14/h12-14,16H,5-11H2,1-4H3. The van der Waals surface area contributed by atoms with Crippen molar-refractivity contribution in [2.75, 3.05) is 19.7 Å². The van der Waals surface area contributed by atoms with Crippen LogP contribution in [0.3, 0.4) is 0 Å². The molecule has 18 heavy (non-hydrogen) atoms. The molecule has 1 N–H and O–H groups in total. The number of nitrogens with zero attached hydrogens (tertiary/aromatic N) is 1. The summed E-state index contributed by atoms with van der Waals surface area (Å²) in [7, 11) is 0. The van der Waals surface area contributed by atoms with Gasteiger partial charge in [-0.3, -0.25) is 0 Å². The predicted molar refractivity (Wildman–Crippen MR) is 75.9 cm³/mol. The van der Waals surface area contributed by atoms with Gasteiger partial charge >= 0.3 is 0 Å². The Balaban J connectivity index is 1.93. The fourth-order valence-corrected chi connectivity index (χ4v) is 3.36. The number of ether oxygens (including phenoxy) is 1. The number of hydrogen-bond acceptors (Lipinski definition) is 3. The van der Waals surface area contributed by atoms with Gasteiger partial charge in [0.2, 0.25) is 0 Å². The molecule has 0 aliphatic carbocycles. The number of hydrogen-bond donors (Lipinski definition) is 1. The molecule has 3 atom stereocenters. The van der Waals surface area contributed by atoms with Crippen molar-refractivity contribution in [2.45, 2.75) is 77.1 Å². The van der Waals surface area contributed by atoms with E-state index < -0.39 is 0 Å². The second-order valence-corrected chi connectivity index (χ2v) is 6.84. The van der Waals surface area contributed by atoms with E-state index in [0.717, 1.165) is 12.6 Å². The Morgan fingerprint density at radius 3 is 2.22 bits per heavy atom. The maximum atomic E-state index is 5.85. The van der Waals surface area contributed by atoms with E-state index in [0.29, 0.717) is 12.1 Å². The summed E-state index contributed by atoms with van der Waals surface area (Å²) in [5.41, 5.74) is 0.0702. The van der Waals surface area contributed by atoms with Crippen molar-refractivity contribution in [3.8, 4) is 0 Å². The van der Waals surface area contributed by atoms with Gasteiger partial charge < -0.3 is 15.0 Å². The summed E-state index contributed by atoms with van der Waals surface area (Å²) < 4.78 is 5.85. The first kappa shape index (κ1) is 14.3. The van der Waals surface area contributed by atoms with E-state index in [4.69, 9.17) is 4.74 Å². The van der Waals surface area contributed by atoms with E-state index in [1.54, 1.807) is 0 Å². The third kappa shape index (κ3) is 3.94. The Bertz CT molecular complexity index is 255. The van der Waals surface area contributed by atoms with Gasteiger partial charge in [-0.25, -0.2) is 0 Å². The summed E-state index contributed by atoms with van der Waals surface area (Å²) in [6.07, 6.45) is 4.92. The highest BCUT2D eigenvalue weighted by Crippen LogP contribution is 2.28. The molecule has 0 aromatic carbocycles. The predicted octanol–water partition coefficient (Wildman–Crippen LogP) is 2.41. The van der Waals surface area contributed by atoms with Crippen LogP contribution in [0.15, 0.2) is 0 Å². The smallest absolute Gasteiger partial charge is 0.0641 e. The van der Waals surface area contributed by atoms with Crippen molar-refractivity contribution in [3.05, 3.63) is 0 Å². The molecular formula is C15H30N2O. The number of rotatable bonds is 1. The number of nitrogens with one attached hydrogen (secondary N) is 1. The zero-order valence-corrected chi connectivity index (χ0v) is 12.5. The molecule has 2 rings (SSSR count). The zero-order chi connectivity index (χ0) is 13.2. The van der Waals surface area contributed by atoms with Crippen molar-refractivity contribution in [3.63, 3.8) is 0 Å². The van der Waals surface area contributed by atoms with Crippen LogP contribution in [0.1, 0.15) is 53.4 Å². The molecule has 0 aromatic heterocycles. The fraction of sp³-hybridized carbons (Fsp3) is 1.00. The van der Waals surface area contributed by atoms with Gasteiger partial charge in [0.05, 0.1) is 5.60 Å². The van der Waals surface area contributed by atoms with E-state index in [1.807, 2.05) is 0 Å². The lowest BCUT2D eigenvalue weighted by Gasteiger charge is -2.43. The summed E-state index contributed by atoms with van der Waals surface area (Å²) in [5.74, 6) is 0. The van der Waals surface area contributed by atoms with Crippen LogP contribution in [0.4, 0.5) is 0 Å². The maximum absolute atomic E-state index is 5.85. The second kappa shape index (κ2) is 5.89. The van der Waals surface area contributed by atoms with Crippen LogP contribution in [0.25, 0.3) is 0 Å². The van der Waals surface area contributed by atoms with Crippen LogP contribution in [-0.4, -0.2) is 48.3 Å². The second-order valence-electron chi connectivity index (χ2n) is 6.84. The lowest BCUT2D eigenvalue weighted by Crippen LogP contribution is -2.50. The summed E-state index contributed by atoms with van der Waals surface area (Å²) >= 11 is 0. The van der Waals surface area contributed by atoms with Crippen LogP contribution in [-0.2, 0) is 4.74 Å². The normalized spacial score (nSPS) is 39.0. The van der Waals surface area contributed by atoms with E-state index in [9.17, 15) is 0 Å². The molecule has 0 amide bonds. The Hall–Kier alpha value is -0.120. The molecule has 0 aromatic rings. The van der Waals surface area contributed by atoms with Crippen LogP contribution < -0.4 is 5.32 Å². The van der Waals surface area contributed by atoms with Crippen LogP contribution in [0.5, 0.6) is 0 Å². The quantitative estimate of drug-likeness (QED) is 0.778. The Labute approximate surface area is 112 Å². The maximum Gasteiger partial charge on any atom is 0.0641 e. The van der Waals surface area contributed by atoms with Gasteiger partial charge in [-0.2, -0.15) is 0 Å². The molecule has 2 saturated heterocycles. The zero-order valence-electron chi connectivity index (χ0n) is 12.5. The first-order chi connectivity index (χ1) is 8.46. The Morgan fingerprint density at radius 1 is 1.06 bits per heavy atom. The van der Waals surface area contributed by atoms with E-state index >= 15 is 0 Å². The van der Waals surface area contributed by atoms with E-state index in [2.05, 4.69) is 37.9 Å². The van der Waals surface area contributed by atoms with Crippen LogP contribution >= 0.6 is 0 Å². The van der Waals surface area contributed by atoms with Crippen LogP contribution in [0.2, 0.25) is 0 Å². The molecule has 2 fully saturated rings. The summed E-state index contributed by atoms with van der Waals surface area (Å²) in [6.45, 7) is 12.5. The monoisotopic (exact) mass is 254 g/mol. The van der Waals surface area contributed by atoms with E-state index in [-0.39, 0.29) is 5.60 Å². The largest absolute Gasteiger partial charge is 0.375 e. The molecule has 3 nitrogen and oxygen atoms in total. The summed E-state index contributed by atoms with van der Waals surface area (Å²) in [6, 6.07) is 2.03. The highest BCUT2D eigenvalue weighted by Gasteiger charge is 2.32. The molecular weight excluding hydrogens is 224 g/mol. The SMILES string of the molecule is CC1CCN(C2CCOC(C)(C)C2)CCC(C)N1. The first-order valence-corrected chi connectivity index (χ1v) is 7.60. The average molecular weight is 254 g/mol. The minimum Gasteiger partial charge on any atom is -0.375 e. The Morgan fingerprint density at radius 2 is 1.67 bits per heavy atom. The fourth-order valence-electron chi connectivity index (χ4n) is 3.36. The van der Waals surface area contributed by atoms with Crippen molar-refractivity contribution in [1.29, 1.82) is 0 Å². The first-order valence-electron chi connectivity index (χ1n) is 7.60. The molecule has 3 unspecified atom stereocenters. The lowest BCUT2D eigenvalue weighted by molar-refractivity contribution is -0.0844. The topological polar surface area (TPSA) is 24.5 Å². The van der Waals surface area contributed by atoms with Gasteiger partial charge in [0.25, 0.3) is 0 Å². The van der Waals surface area contributed by atoms with Gasteiger partial charge in [0.1, 0.15) is 0 Å². The van der Waals surface area contributed by atoms with Gasteiger partial charge in [-0.1, -0.05) is 0 Å². The highest BCUT2D eigenvalue weighted by molar-refractivity contribution is 4.87. The minimum absolute atomic E-state index is 0.0702. The van der Waals surface area contributed by atoms with Gasteiger partial charge in [-0.05, 0) is 66.5 Å². The third-order valence-corrected chi connectivity index (χ3v) is 4.46. The van der Waals surface area contributed by atoms with Gasteiger partial charge in [-0.15, -0.1) is 0 Å². The minimum atomic E-state index is 0.0702.